The largest absolute Gasteiger partial charge is 0.343 e. The van der Waals surface area contributed by atoms with E-state index in [0.717, 1.165) is 50.1 Å². The Labute approximate surface area is 140 Å². The van der Waals surface area contributed by atoms with E-state index in [-0.39, 0.29) is 5.92 Å². The lowest BCUT2D eigenvalue weighted by Crippen LogP contribution is -2.49. The molecule has 128 valence electrons. The van der Waals surface area contributed by atoms with Gasteiger partial charge in [-0.25, -0.2) is 0 Å². The molecule has 3 nitrogen and oxygen atoms in total. The van der Waals surface area contributed by atoms with Gasteiger partial charge >= 0.3 is 0 Å². The van der Waals surface area contributed by atoms with Crippen molar-refractivity contribution >= 4 is 11.7 Å². The van der Waals surface area contributed by atoms with Gasteiger partial charge in [-0.3, -0.25) is 9.59 Å². The zero-order valence-corrected chi connectivity index (χ0v) is 14.6. The molecule has 1 aliphatic heterocycles. The summed E-state index contributed by atoms with van der Waals surface area (Å²) in [4.78, 5) is 26.8. The van der Waals surface area contributed by atoms with Gasteiger partial charge in [0.15, 0.2) is 0 Å². The maximum Gasteiger partial charge on any atom is 0.223 e. The van der Waals surface area contributed by atoms with Crippen LogP contribution >= 0.6 is 0 Å². The third kappa shape index (κ3) is 2.96. The van der Waals surface area contributed by atoms with Crippen molar-refractivity contribution in [3.63, 3.8) is 0 Å². The smallest absolute Gasteiger partial charge is 0.223 e. The highest BCUT2D eigenvalue weighted by atomic mass is 16.2. The van der Waals surface area contributed by atoms with Crippen molar-refractivity contribution in [3.8, 4) is 0 Å². The molecule has 1 saturated heterocycles. The van der Waals surface area contributed by atoms with Crippen molar-refractivity contribution in [1.82, 2.24) is 4.90 Å². The van der Waals surface area contributed by atoms with E-state index in [0.29, 0.717) is 23.5 Å². The van der Waals surface area contributed by atoms with E-state index in [1.165, 1.54) is 38.5 Å². The summed E-state index contributed by atoms with van der Waals surface area (Å²) in [5, 5.41) is 0. The van der Waals surface area contributed by atoms with Crippen molar-refractivity contribution in [3.05, 3.63) is 0 Å². The van der Waals surface area contributed by atoms with Crippen LogP contribution in [0, 0.1) is 29.1 Å². The van der Waals surface area contributed by atoms with Crippen LogP contribution in [0.3, 0.4) is 0 Å². The fraction of sp³-hybridized carbons (Fsp3) is 0.900. The predicted octanol–water partition coefficient (Wildman–Crippen LogP) is 3.81. The standard InChI is InChI=1S/C20H31NO2/c1-2-18(22)17-3-5-21(6-4-17)19(23)13-20-10-14-7-15(11-20)9-16(8-14)12-20/h14-17H,2-13H2,1H3. The summed E-state index contributed by atoms with van der Waals surface area (Å²) in [6, 6.07) is 0. The molecule has 0 unspecified atom stereocenters. The van der Waals surface area contributed by atoms with Gasteiger partial charge in [-0.15, -0.1) is 0 Å². The van der Waals surface area contributed by atoms with Gasteiger partial charge in [0, 0.05) is 31.8 Å². The number of likely N-dealkylation sites (tertiary alicyclic amines) is 1. The van der Waals surface area contributed by atoms with E-state index < -0.39 is 0 Å². The van der Waals surface area contributed by atoms with E-state index in [1.807, 2.05) is 6.92 Å². The number of rotatable bonds is 4. The molecule has 0 atom stereocenters. The fourth-order valence-corrected chi connectivity index (χ4v) is 6.68. The Balaban J connectivity index is 1.35. The Kier molecular flexibility index (Phi) is 4.01. The highest BCUT2D eigenvalue weighted by molar-refractivity contribution is 5.81. The molecule has 0 N–H and O–H groups in total. The highest BCUT2D eigenvalue weighted by Gasteiger charge is 2.51. The average Bonchev–Trinajstić information content (AvgIpc) is 2.52. The van der Waals surface area contributed by atoms with Gasteiger partial charge in [0.1, 0.15) is 5.78 Å². The lowest BCUT2D eigenvalue weighted by molar-refractivity contribution is -0.142. The van der Waals surface area contributed by atoms with E-state index >= 15 is 0 Å². The number of piperidine rings is 1. The van der Waals surface area contributed by atoms with Crippen LogP contribution < -0.4 is 0 Å². The van der Waals surface area contributed by atoms with Gasteiger partial charge in [-0.05, 0) is 74.5 Å². The first-order chi connectivity index (χ1) is 11.1. The van der Waals surface area contributed by atoms with Crippen LogP contribution in [0.15, 0.2) is 0 Å². The molecular formula is C20H31NO2. The van der Waals surface area contributed by atoms with Gasteiger partial charge in [0.05, 0.1) is 0 Å². The summed E-state index contributed by atoms with van der Waals surface area (Å²) >= 11 is 0. The van der Waals surface area contributed by atoms with Gasteiger partial charge in [-0.1, -0.05) is 6.92 Å². The number of hydrogen-bond acceptors (Lipinski definition) is 2. The Hall–Kier alpha value is -0.860. The van der Waals surface area contributed by atoms with Crippen LogP contribution in [0.1, 0.15) is 71.1 Å². The Morgan fingerprint density at radius 3 is 1.96 bits per heavy atom. The Bertz CT molecular complexity index is 455. The first kappa shape index (κ1) is 15.7. The minimum Gasteiger partial charge on any atom is -0.343 e. The van der Waals surface area contributed by atoms with Crippen molar-refractivity contribution in [2.24, 2.45) is 29.1 Å². The molecule has 4 aliphatic carbocycles. The zero-order chi connectivity index (χ0) is 16.0. The normalized spacial score (nSPS) is 39.7. The first-order valence-electron chi connectivity index (χ1n) is 9.87. The van der Waals surface area contributed by atoms with Crippen LogP contribution in [0.25, 0.3) is 0 Å². The molecule has 1 amide bonds. The number of amides is 1. The molecule has 5 rings (SSSR count). The first-order valence-corrected chi connectivity index (χ1v) is 9.87. The minimum absolute atomic E-state index is 0.212. The maximum absolute atomic E-state index is 12.9. The summed E-state index contributed by atoms with van der Waals surface area (Å²) in [6.07, 6.45) is 11.5. The van der Waals surface area contributed by atoms with Crippen LogP contribution in [0.5, 0.6) is 0 Å². The summed E-state index contributed by atoms with van der Waals surface area (Å²) < 4.78 is 0. The monoisotopic (exact) mass is 317 g/mol. The molecule has 5 aliphatic rings. The molecule has 0 spiro atoms. The molecule has 0 radical (unpaired) electrons. The quantitative estimate of drug-likeness (QED) is 0.790. The second-order valence-electron chi connectivity index (χ2n) is 9.07. The van der Waals surface area contributed by atoms with Crippen molar-refractivity contribution in [2.45, 2.75) is 71.1 Å². The second-order valence-corrected chi connectivity index (χ2v) is 9.07. The zero-order valence-electron chi connectivity index (χ0n) is 14.6. The molecule has 23 heavy (non-hydrogen) atoms. The van der Waals surface area contributed by atoms with Crippen LogP contribution in [-0.2, 0) is 9.59 Å². The highest BCUT2D eigenvalue weighted by Crippen LogP contribution is 2.61. The topological polar surface area (TPSA) is 37.4 Å². The molecule has 0 aromatic rings. The minimum atomic E-state index is 0.212. The summed E-state index contributed by atoms with van der Waals surface area (Å²) in [5.74, 6) is 3.74. The van der Waals surface area contributed by atoms with E-state index in [4.69, 9.17) is 0 Å². The number of nitrogens with zero attached hydrogens (tertiary/aromatic N) is 1. The number of hydrogen-bond donors (Lipinski definition) is 0. The molecule has 4 bridgehead atoms. The molecule has 1 heterocycles. The molecular weight excluding hydrogens is 286 g/mol. The maximum atomic E-state index is 12.9. The lowest BCUT2D eigenvalue weighted by atomic mass is 9.49. The number of carbonyl (C=O) groups is 2. The molecule has 0 aromatic carbocycles. The summed E-state index contributed by atoms with van der Waals surface area (Å²) in [6.45, 7) is 3.57. The number of ketones is 1. The van der Waals surface area contributed by atoms with Crippen LogP contribution in [0.4, 0.5) is 0 Å². The van der Waals surface area contributed by atoms with Crippen molar-refractivity contribution in [1.29, 1.82) is 0 Å². The predicted molar refractivity (Wildman–Crippen MR) is 89.8 cm³/mol. The van der Waals surface area contributed by atoms with Crippen molar-refractivity contribution < 1.29 is 9.59 Å². The molecule has 5 fully saturated rings. The van der Waals surface area contributed by atoms with Gasteiger partial charge in [-0.2, -0.15) is 0 Å². The summed E-state index contributed by atoms with van der Waals surface area (Å²) in [5.41, 5.74) is 0.349. The second kappa shape index (κ2) is 5.89. The van der Waals surface area contributed by atoms with Gasteiger partial charge in [0.25, 0.3) is 0 Å². The van der Waals surface area contributed by atoms with E-state index in [2.05, 4.69) is 4.90 Å². The Morgan fingerprint density at radius 1 is 0.957 bits per heavy atom. The van der Waals surface area contributed by atoms with E-state index in [9.17, 15) is 9.59 Å². The lowest BCUT2D eigenvalue weighted by Gasteiger charge is -2.57. The number of Topliss-reactive ketones (excluding diaryl/α,β-unsaturated/α-hetero) is 1. The van der Waals surface area contributed by atoms with Gasteiger partial charge in [0.2, 0.25) is 5.91 Å². The molecule has 0 aromatic heterocycles. The van der Waals surface area contributed by atoms with Crippen LogP contribution in [0.2, 0.25) is 0 Å². The molecule has 3 heteroatoms. The third-order valence-electron chi connectivity index (χ3n) is 7.34. The average molecular weight is 317 g/mol. The van der Waals surface area contributed by atoms with Crippen molar-refractivity contribution in [2.75, 3.05) is 13.1 Å². The van der Waals surface area contributed by atoms with Gasteiger partial charge < -0.3 is 4.90 Å². The Morgan fingerprint density at radius 2 is 1.48 bits per heavy atom. The van der Waals surface area contributed by atoms with E-state index in [1.54, 1.807) is 0 Å². The van der Waals surface area contributed by atoms with Crippen LogP contribution in [-0.4, -0.2) is 29.7 Å². The molecule has 4 saturated carbocycles. The SMILES string of the molecule is CCC(=O)C1CCN(C(=O)CC23CC4CC(CC(C4)C2)C3)CC1. The number of carbonyl (C=O) groups excluding carboxylic acids is 2. The fourth-order valence-electron chi connectivity index (χ4n) is 6.68. The third-order valence-corrected chi connectivity index (χ3v) is 7.34. The summed E-state index contributed by atoms with van der Waals surface area (Å²) in [7, 11) is 0.